The number of amidine groups is 1. The Balaban J connectivity index is 1.71. The molecule has 3 rings (SSSR count). The standard InChI is InChI=1S/C12H16N3OS/c1-2-4-11(5-3-1)13-12-14-15(10-17-12)6-8-16-9-7-15/h1-5H,6-10H2,(H,13,14)/q+1. The topological polar surface area (TPSA) is 33.6 Å². The van der Waals surface area contributed by atoms with Crippen LogP contribution in [-0.4, -0.2) is 41.9 Å². The first kappa shape index (κ1) is 11.1. The second kappa shape index (κ2) is 4.68. The van der Waals surface area contributed by atoms with Crippen LogP contribution in [0.1, 0.15) is 0 Å². The van der Waals surface area contributed by atoms with Gasteiger partial charge in [-0.2, -0.15) is 4.59 Å². The number of nitrogens with zero attached hydrogens (tertiary/aromatic N) is 2. The van der Waals surface area contributed by atoms with Crippen LogP contribution >= 0.6 is 11.8 Å². The van der Waals surface area contributed by atoms with E-state index < -0.39 is 0 Å². The Hall–Kier alpha value is -1.04. The van der Waals surface area contributed by atoms with Gasteiger partial charge < -0.3 is 10.1 Å². The highest BCUT2D eigenvalue weighted by atomic mass is 32.2. The molecule has 1 fully saturated rings. The van der Waals surface area contributed by atoms with Crippen molar-refractivity contribution < 1.29 is 9.33 Å². The molecule has 17 heavy (non-hydrogen) atoms. The normalized spacial score (nSPS) is 22.5. The molecule has 0 bridgehead atoms. The second-order valence-corrected chi connectivity index (χ2v) is 5.26. The molecule has 0 aliphatic carbocycles. The Labute approximate surface area is 105 Å². The van der Waals surface area contributed by atoms with Crippen molar-refractivity contribution in [2.75, 3.05) is 37.5 Å². The van der Waals surface area contributed by atoms with E-state index in [-0.39, 0.29) is 0 Å². The van der Waals surface area contributed by atoms with Crippen molar-refractivity contribution in [3.8, 4) is 0 Å². The molecule has 1 saturated heterocycles. The quantitative estimate of drug-likeness (QED) is 0.773. The summed E-state index contributed by atoms with van der Waals surface area (Å²) in [7, 11) is 0. The van der Waals surface area contributed by atoms with E-state index in [1.807, 2.05) is 18.2 Å². The fourth-order valence-electron chi connectivity index (χ4n) is 2.05. The van der Waals surface area contributed by atoms with Crippen LogP contribution in [-0.2, 0) is 4.74 Å². The largest absolute Gasteiger partial charge is 0.370 e. The minimum absolute atomic E-state index is 0.819. The van der Waals surface area contributed by atoms with Crippen molar-refractivity contribution in [1.82, 2.24) is 0 Å². The number of hydrogen-bond donors (Lipinski definition) is 1. The van der Waals surface area contributed by atoms with Gasteiger partial charge >= 0.3 is 0 Å². The maximum Gasteiger partial charge on any atom is 0.226 e. The number of quaternary nitrogens is 1. The van der Waals surface area contributed by atoms with Crippen LogP contribution in [0.4, 0.5) is 5.69 Å². The van der Waals surface area contributed by atoms with Crippen molar-refractivity contribution in [3.63, 3.8) is 0 Å². The summed E-state index contributed by atoms with van der Waals surface area (Å²) in [6.07, 6.45) is 0. The summed E-state index contributed by atoms with van der Waals surface area (Å²) < 4.78 is 6.21. The SMILES string of the molecule is c1ccc(NC2=N[N+]3(CCOCC3)CS2)cc1. The molecule has 2 aliphatic heterocycles. The van der Waals surface area contributed by atoms with E-state index in [4.69, 9.17) is 9.84 Å². The molecule has 1 aromatic carbocycles. The van der Waals surface area contributed by atoms with Crippen LogP contribution in [0.15, 0.2) is 35.4 Å². The number of rotatable bonds is 1. The first-order chi connectivity index (χ1) is 8.36. The monoisotopic (exact) mass is 250 g/mol. The molecule has 0 amide bonds. The van der Waals surface area contributed by atoms with Gasteiger partial charge in [-0.25, -0.2) is 0 Å². The number of hydrogen-bond acceptors (Lipinski definition) is 4. The van der Waals surface area contributed by atoms with E-state index in [9.17, 15) is 0 Å². The number of nitrogens with one attached hydrogen (secondary N) is 1. The van der Waals surface area contributed by atoms with Crippen molar-refractivity contribution in [2.24, 2.45) is 5.10 Å². The summed E-state index contributed by atoms with van der Waals surface area (Å²) in [6.45, 7) is 3.63. The molecule has 0 aromatic heterocycles. The first-order valence-electron chi connectivity index (χ1n) is 5.85. The third-order valence-corrected chi connectivity index (χ3v) is 4.14. The Bertz CT molecular complexity index is 415. The molecule has 1 aromatic rings. The predicted molar refractivity (Wildman–Crippen MR) is 70.8 cm³/mol. The van der Waals surface area contributed by atoms with E-state index in [1.165, 1.54) is 0 Å². The van der Waals surface area contributed by atoms with Crippen molar-refractivity contribution >= 4 is 22.6 Å². The average Bonchev–Trinajstić information content (AvgIpc) is 2.74. The molecule has 1 N–H and O–H groups in total. The minimum Gasteiger partial charge on any atom is -0.370 e. The van der Waals surface area contributed by atoms with Gasteiger partial charge in [0.2, 0.25) is 5.17 Å². The first-order valence-corrected chi connectivity index (χ1v) is 6.84. The van der Waals surface area contributed by atoms with Crippen LogP contribution in [0.3, 0.4) is 0 Å². The Morgan fingerprint density at radius 3 is 2.71 bits per heavy atom. The Kier molecular flexibility index (Phi) is 3.05. The van der Waals surface area contributed by atoms with Gasteiger partial charge in [-0.15, -0.1) is 0 Å². The fourth-order valence-corrected chi connectivity index (χ4v) is 3.15. The van der Waals surface area contributed by atoms with Crippen LogP contribution < -0.4 is 5.32 Å². The van der Waals surface area contributed by atoms with Crippen LogP contribution in [0.25, 0.3) is 0 Å². The highest BCUT2D eigenvalue weighted by Gasteiger charge is 2.37. The third-order valence-electron chi connectivity index (χ3n) is 3.07. The summed E-state index contributed by atoms with van der Waals surface area (Å²) in [5.74, 6) is 1.03. The number of anilines is 1. The Morgan fingerprint density at radius 2 is 1.94 bits per heavy atom. The molecule has 4 nitrogen and oxygen atoms in total. The van der Waals surface area contributed by atoms with Crippen molar-refractivity contribution in [2.45, 2.75) is 0 Å². The lowest BCUT2D eigenvalue weighted by Crippen LogP contribution is -2.49. The predicted octanol–water partition coefficient (Wildman–Crippen LogP) is 1.92. The van der Waals surface area contributed by atoms with Crippen molar-refractivity contribution in [3.05, 3.63) is 30.3 Å². The van der Waals surface area contributed by atoms with E-state index >= 15 is 0 Å². The highest BCUT2D eigenvalue weighted by Crippen LogP contribution is 2.27. The smallest absolute Gasteiger partial charge is 0.226 e. The number of benzene rings is 1. The zero-order valence-corrected chi connectivity index (χ0v) is 10.4. The van der Waals surface area contributed by atoms with Gasteiger partial charge in [-0.1, -0.05) is 23.3 Å². The maximum atomic E-state index is 5.40. The van der Waals surface area contributed by atoms with Crippen LogP contribution in [0.2, 0.25) is 0 Å². The lowest BCUT2D eigenvalue weighted by Gasteiger charge is -2.30. The highest BCUT2D eigenvalue weighted by molar-refractivity contribution is 8.14. The lowest BCUT2D eigenvalue weighted by atomic mass is 10.3. The van der Waals surface area contributed by atoms with Gasteiger partial charge in [0.1, 0.15) is 13.1 Å². The van der Waals surface area contributed by atoms with Gasteiger partial charge in [0.25, 0.3) is 0 Å². The summed E-state index contributed by atoms with van der Waals surface area (Å²) >= 11 is 1.80. The molecule has 0 unspecified atom stereocenters. The van der Waals surface area contributed by atoms with Crippen molar-refractivity contribution in [1.29, 1.82) is 0 Å². The van der Waals surface area contributed by atoms with E-state index in [1.54, 1.807) is 11.8 Å². The number of thioether (sulfide) groups is 1. The number of ether oxygens (including phenoxy) is 1. The zero-order chi connectivity index (χ0) is 11.6. The summed E-state index contributed by atoms with van der Waals surface area (Å²) in [5, 5.41) is 9.20. The fraction of sp³-hybridized carbons (Fsp3) is 0.417. The molecule has 0 radical (unpaired) electrons. The Morgan fingerprint density at radius 1 is 1.18 bits per heavy atom. The molecule has 5 heteroatoms. The summed E-state index contributed by atoms with van der Waals surface area (Å²) in [5.41, 5.74) is 1.10. The van der Waals surface area contributed by atoms with E-state index in [2.05, 4.69) is 17.4 Å². The van der Waals surface area contributed by atoms with Gasteiger partial charge in [0, 0.05) is 5.69 Å². The van der Waals surface area contributed by atoms with Gasteiger partial charge in [0.05, 0.1) is 13.2 Å². The third kappa shape index (κ3) is 2.46. The van der Waals surface area contributed by atoms with Crippen LogP contribution in [0, 0.1) is 0 Å². The molecule has 90 valence electrons. The lowest BCUT2D eigenvalue weighted by molar-refractivity contribution is -0.927. The maximum absolute atomic E-state index is 5.40. The molecular formula is C12H16N3OS+. The minimum atomic E-state index is 0.819. The summed E-state index contributed by atoms with van der Waals surface area (Å²) in [6, 6.07) is 10.2. The zero-order valence-electron chi connectivity index (χ0n) is 9.63. The van der Waals surface area contributed by atoms with Gasteiger partial charge in [-0.05, 0) is 23.9 Å². The molecule has 2 heterocycles. The molecule has 0 saturated carbocycles. The van der Waals surface area contributed by atoms with Gasteiger partial charge in [-0.3, -0.25) is 0 Å². The van der Waals surface area contributed by atoms with Crippen LogP contribution in [0.5, 0.6) is 0 Å². The molecular weight excluding hydrogens is 234 g/mol. The molecule has 1 spiro atoms. The van der Waals surface area contributed by atoms with E-state index in [0.717, 1.165) is 47.6 Å². The average molecular weight is 250 g/mol. The number of morpholine rings is 1. The molecule has 0 atom stereocenters. The second-order valence-electron chi connectivity index (χ2n) is 4.32. The van der Waals surface area contributed by atoms with Gasteiger partial charge in [0.15, 0.2) is 5.88 Å². The van der Waals surface area contributed by atoms with E-state index in [0.29, 0.717) is 0 Å². The summed E-state index contributed by atoms with van der Waals surface area (Å²) in [4.78, 5) is 0. The number of para-hydroxylation sites is 1. The molecule has 2 aliphatic rings.